The molecule has 1 amide bonds. The summed E-state index contributed by atoms with van der Waals surface area (Å²) in [5, 5.41) is 17.9. The zero-order valence-electron chi connectivity index (χ0n) is 40.2. The zero-order valence-corrected chi connectivity index (χ0v) is 41.0. The summed E-state index contributed by atoms with van der Waals surface area (Å²) in [6.07, 6.45) is 5.52. The topological polar surface area (TPSA) is 127 Å². The molecule has 0 radical (unpaired) electrons. The number of ether oxygens (including phenoxy) is 1. The minimum atomic E-state index is -0.806. The van der Waals surface area contributed by atoms with Gasteiger partial charge in [-0.2, -0.15) is 5.21 Å². The molecule has 6 aromatic rings. The van der Waals surface area contributed by atoms with Gasteiger partial charge >= 0.3 is 0 Å². The molecule has 1 unspecified atom stereocenters. The molecule has 342 valence electrons. The molecule has 12 heteroatoms. The average Bonchev–Trinajstić information content (AvgIpc) is 3.98. The molecule has 0 aliphatic carbocycles. The van der Waals surface area contributed by atoms with E-state index in [0.29, 0.717) is 42.6 Å². The van der Waals surface area contributed by atoms with Gasteiger partial charge in [0.1, 0.15) is 11.2 Å². The Morgan fingerprint density at radius 3 is 2.02 bits per heavy atom. The quantitative estimate of drug-likeness (QED) is 0.0927. The number of hydrogen-bond donors (Lipinski definition) is 2. The van der Waals surface area contributed by atoms with E-state index >= 15 is 0 Å². The molecule has 3 heterocycles. The molecule has 0 fully saturated rings. The van der Waals surface area contributed by atoms with Gasteiger partial charge in [-0.15, -0.1) is 10.2 Å². The van der Waals surface area contributed by atoms with Crippen molar-refractivity contribution in [2.45, 2.75) is 132 Å². The van der Waals surface area contributed by atoms with Crippen molar-refractivity contribution in [3.63, 3.8) is 0 Å². The van der Waals surface area contributed by atoms with Crippen LogP contribution in [0.2, 0.25) is 5.15 Å². The number of carbonyl (C=O) groups is 1. The van der Waals surface area contributed by atoms with E-state index in [1.807, 2.05) is 108 Å². The number of nitrogens with one attached hydrogen (secondary N) is 2. The molecule has 0 saturated carbocycles. The van der Waals surface area contributed by atoms with Crippen LogP contribution in [-0.4, -0.2) is 78.8 Å². The number of unbranched alkanes of at least 4 members (excludes halogenated alkanes) is 1. The largest absolute Gasteiger partial charge is 0.378 e. The Morgan fingerprint density at radius 2 is 1.48 bits per heavy atom. The van der Waals surface area contributed by atoms with E-state index < -0.39 is 5.41 Å². The number of methoxy groups -OCH3 is 1. The van der Waals surface area contributed by atoms with Crippen LogP contribution < -0.4 is 5.32 Å². The normalized spacial score (nSPS) is 11.5. The van der Waals surface area contributed by atoms with Gasteiger partial charge in [-0.05, 0) is 80.1 Å². The fraction of sp³-hybridized carbons (Fsp3) is 0.451. The highest BCUT2D eigenvalue weighted by Crippen LogP contribution is 2.36. The third-order valence-electron chi connectivity index (χ3n) is 10.3. The lowest BCUT2D eigenvalue weighted by Crippen LogP contribution is -2.48. The highest BCUT2D eigenvalue weighted by atomic mass is 35.5. The maximum Gasteiger partial charge on any atom is 0.236 e. The van der Waals surface area contributed by atoms with Gasteiger partial charge in [0, 0.05) is 57.5 Å². The van der Waals surface area contributed by atoms with Crippen LogP contribution in [-0.2, 0) is 34.5 Å². The summed E-state index contributed by atoms with van der Waals surface area (Å²) in [5.74, 6) is 1.57. The van der Waals surface area contributed by atoms with Crippen LogP contribution in [0.4, 0.5) is 0 Å². The van der Waals surface area contributed by atoms with Gasteiger partial charge in [0.25, 0.3) is 0 Å². The predicted molar refractivity (Wildman–Crippen MR) is 262 cm³/mol. The number of aromatic amines is 1. The van der Waals surface area contributed by atoms with Gasteiger partial charge < -0.3 is 14.6 Å². The number of nitrogens with zero attached hydrogens (tertiary/aromatic N) is 7. The van der Waals surface area contributed by atoms with Crippen molar-refractivity contribution < 1.29 is 9.53 Å². The van der Waals surface area contributed by atoms with Crippen molar-refractivity contribution in [3.05, 3.63) is 137 Å². The maximum atomic E-state index is 13.2. The maximum absolute atomic E-state index is 13.2. The lowest BCUT2D eigenvalue weighted by Gasteiger charge is -2.37. The number of aryl methyl sites for hydroxylation is 1. The van der Waals surface area contributed by atoms with Crippen LogP contribution in [0.25, 0.3) is 22.5 Å². The fourth-order valence-electron chi connectivity index (χ4n) is 7.41. The van der Waals surface area contributed by atoms with Gasteiger partial charge in [0.15, 0.2) is 5.15 Å². The zero-order chi connectivity index (χ0) is 46.8. The first-order chi connectivity index (χ1) is 30.6. The lowest BCUT2D eigenvalue weighted by atomic mass is 9.73. The van der Waals surface area contributed by atoms with E-state index in [1.165, 1.54) is 5.56 Å². The van der Waals surface area contributed by atoms with Gasteiger partial charge in [-0.3, -0.25) is 14.7 Å². The number of tetrazole rings is 1. The van der Waals surface area contributed by atoms with E-state index in [4.69, 9.17) is 16.3 Å². The standard InChI is InChI=1S/C23H25ClN6O.C22H31N3O.3C2H6/c1-3-4-9-21-25-22(24)20(15-31-2)30(21)14-16-10-12-17(13-11-16)18-7-5-6-8-19(18)23-26-28-29-27-23;1-17(2)25(18(3)4)16-14-22(21(26)23-5,19-11-7-6-8-12-19)20-13-9-10-15-24-20;3*1-2/h5-8,10-13H,3-4,9,14-15H2,1-2H3,(H,26,27,28,29);6-13,15,17-18H,14,16H2,1-5H3,(H,23,26);3*1-2H3. The third-order valence-corrected chi connectivity index (χ3v) is 10.6. The van der Waals surface area contributed by atoms with Crippen molar-refractivity contribution in [1.29, 1.82) is 0 Å². The molecule has 2 N–H and O–H groups in total. The van der Waals surface area contributed by atoms with E-state index in [1.54, 1.807) is 20.4 Å². The number of benzene rings is 3. The van der Waals surface area contributed by atoms with Gasteiger partial charge in [0.05, 0.1) is 18.0 Å². The Balaban J connectivity index is 0.000000393. The van der Waals surface area contributed by atoms with Crippen LogP contribution in [0.3, 0.4) is 0 Å². The number of likely N-dealkylation sites (N-methyl/N-ethyl adjacent to an activating group) is 1. The number of aromatic nitrogens is 7. The van der Waals surface area contributed by atoms with Crippen LogP contribution >= 0.6 is 11.6 Å². The molecule has 3 aromatic heterocycles. The van der Waals surface area contributed by atoms with Crippen molar-refractivity contribution in [2.24, 2.45) is 0 Å². The summed E-state index contributed by atoms with van der Waals surface area (Å²) >= 11 is 6.41. The first-order valence-corrected chi connectivity index (χ1v) is 23.1. The van der Waals surface area contributed by atoms with E-state index in [-0.39, 0.29) is 5.91 Å². The SMILES string of the molecule is CC.CC.CC.CCCCc1nc(Cl)c(COC)n1Cc1ccc(-c2ccccc2-c2nn[nH]n2)cc1.CNC(=O)C(CCN(C(C)C)C(C)C)(c1ccccc1)c1ccccn1. The van der Waals surface area contributed by atoms with Gasteiger partial charge in [-0.25, -0.2) is 4.98 Å². The van der Waals surface area contributed by atoms with Crippen molar-refractivity contribution in [3.8, 4) is 22.5 Å². The van der Waals surface area contributed by atoms with Gasteiger partial charge in [0.2, 0.25) is 11.7 Å². The number of amides is 1. The number of pyridine rings is 1. The number of carbonyl (C=O) groups excluding carboxylic acids is 1. The second-order valence-electron chi connectivity index (χ2n) is 14.6. The minimum Gasteiger partial charge on any atom is -0.378 e. The third kappa shape index (κ3) is 14.7. The highest BCUT2D eigenvalue weighted by Gasteiger charge is 2.43. The molecule has 0 aliphatic heterocycles. The molecule has 3 aromatic carbocycles. The van der Waals surface area contributed by atoms with E-state index in [2.05, 4.69) is 110 Å². The first kappa shape index (κ1) is 53.9. The number of hydrogen-bond acceptors (Lipinski definition) is 8. The smallest absolute Gasteiger partial charge is 0.236 e. The second kappa shape index (κ2) is 29.2. The summed E-state index contributed by atoms with van der Waals surface area (Å²) in [7, 11) is 3.38. The fourth-order valence-corrected chi connectivity index (χ4v) is 7.67. The minimum absolute atomic E-state index is 0.0186. The molecule has 63 heavy (non-hydrogen) atoms. The summed E-state index contributed by atoms with van der Waals surface area (Å²) in [4.78, 5) is 24.8. The van der Waals surface area contributed by atoms with Crippen molar-refractivity contribution in [2.75, 3.05) is 20.7 Å². The molecule has 0 spiro atoms. The number of rotatable bonds is 17. The number of H-pyrrole nitrogens is 1. The number of halogens is 1. The second-order valence-corrected chi connectivity index (χ2v) is 15.0. The summed E-state index contributed by atoms with van der Waals surface area (Å²) < 4.78 is 7.55. The van der Waals surface area contributed by atoms with E-state index in [9.17, 15) is 4.79 Å². The Hall–Kier alpha value is -5.23. The summed E-state index contributed by atoms with van der Waals surface area (Å²) in [6, 6.07) is 33.2. The highest BCUT2D eigenvalue weighted by molar-refractivity contribution is 6.30. The van der Waals surface area contributed by atoms with E-state index in [0.717, 1.165) is 65.3 Å². The molecular weight excluding hydrogens is 806 g/mol. The Morgan fingerprint density at radius 1 is 0.857 bits per heavy atom. The Labute approximate surface area is 383 Å². The molecule has 1 atom stereocenters. The molecule has 11 nitrogen and oxygen atoms in total. The van der Waals surface area contributed by atoms with Crippen LogP contribution in [0.1, 0.15) is 124 Å². The molecular formula is C51H74ClN9O2. The summed E-state index contributed by atoms with van der Waals surface area (Å²) in [6.45, 7) is 24.9. The van der Waals surface area contributed by atoms with Crippen LogP contribution in [0, 0.1) is 0 Å². The van der Waals surface area contributed by atoms with Crippen molar-refractivity contribution in [1.82, 2.24) is 45.4 Å². The molecule has 6 rings (SSSR count). The molecule has 0 saturated heterocycles. The van der Waals surface area contributed by atoms with Crippen LogP contribution in [0.5, 0.6) is 0 Å². The van der Waals surface area contributed by atoms with Gasteiger partial charge in [-0.1, -0.05) is 151 Å². The Bertz CT molecular complexity index is 2060. The average molecular weight is 881 g/mol. The lowest BCUT2D eigenvalue weighted by molar-refractivity contribution is -0.125. The Kier molecular flexibility index (Phi) is 25.0. The molecule has 0 aliphatic rings. The first-order valence-electron chi connectivity index (χ1n) is 22.7. The number of imidazole rings is 1. The van der Waals surface area contributed by atoms with Crippen LogP contribution in [0.15, 0.2) is 103 Å². The summed E-state index contributed by atoms with van der Waals surface area (Å²) in [5.41, 5.74) is 6.14. The predicted octanol–water partition coefficient (Wildman–Crippen LogP) is 11.6. The molecule has 0 bridgehead atoms. The van der Waals surface area contributed by atoms with Crippen molar-refractivity contribution >= 4 is 17.5 Å². The monoisotopic (exact) mass is 880 g/mol.